The molecule has 136 valence electrons. The predicted molar refractivity (Wildman–Crippen MR) is 97.1 cm³/mol. The van der Waals surface area contributed by atoms with Crippen LogP contribution in [0.4, 0.5) is 19.3 Å². The van der Waals surface area contributed by atoms with Crippen LogP contribution in [0.3, 0.4) is 0 Å². The minimum absolute atomic E-state index is 0.189. The maximum Gasteiger partial charge on any atom is 0.319 e. The van der Waals surface area contributed by atoms with Gasteiger partial charge in [0.2, 0.25) is 0 Å². The normalized spacial score (nSPS) is 10.9. The van der Waals surface area contributed by atoms with E-state index in [4.69, 9.17) is 0 Å². The first kappa shape index (κ1) is 17.8. The molecule has 1 aromatic carbocycles. The maximum atomic E-state index is 13.5. The number of nitrogens with zero attached hydrogens (tertiary/aromatic N) is 2. The zero-order chi connectivity index (χ0) is 18.5. The number of hydrogen-bond acceptors (Lipinski definition) is 2. The molecule has 2 N–H and O–H groups in total. The van der Waals surface area contributed by atoms with Crippen LogP contribution in [0, 0.1) is 11.6 Å². The number of fused-ring (bicyclic) bond motifs is 1. The van der Waals surface area contributed by atoms with Crippen molar-refractivity contribution in [3.05, 3.63) is 59.9 Å². The molecule has 26 heavy (non-hydrogen) atoms. The Morgan fingerprint density at radius 2 is 2.12 bits per heavy atom. The lowest BCUT2D eigenvalue weighted by Crippen LogP contribution is -2.30. The molecule has 0 atom stereocenters. The van der Waals surface area contributed by atoms with E-state index in [1.807, 2.05) is 18.3 Å². The van der Waals surface area contributed by atoms with E-state index >= 15 is 0 Å². The number of benzene rings is 1. The number of urea groups is 1. The molecule has 0 saturated heterocycles. The van der Waals surface area contributed by atoms with E-state index in [0.717, 1.165) is 47.8 Å². The van der Waals surface area contributed by atoms with Crippen molar-refractivity contribution in [1.82, 2.24) is 14.9 Å². The first-order valence-corrected chi connectivity index (χ1v) is 8.51. The summed E-state index contributed by atoms with van der Waals surface area (Å²) in [5.41, 5.74) is 1.82. The molecule has 0 fully saturated rings. The summed E-state index contributed by atoms with van der Waals surface area (Å²) in [4.78, 5) is 16.3. The summed E-state index contributed by atoms with van der Waals surface area (Å²) >= 11 is 0. The highest BCUT2D eigenvalue weighted by molar-refractivity contribution is 5.89. The van der Waals surface area contributed by atoms with Gasteiger partial charge in [-0.2, -0.15) is 0 Å². The van der Waals surface area contributed by atoms with E-state index in [1.165, 1.54) is 0 Å². The Morgan fingerprint density at radius 3 is 2.92 bits per heavy atom. The molecule has 0 aliphatic rings. The fraction of sp³-hybridized carbons (Fsp3) is 0.263. The summed E-state index contributed by atoms with van der Waals surface area (Å²) in [6.07, 6.45) is 5.42. The Labute approximate surface area is 150 Å². The predicted octanol–water partition coefficient (Wildman–Crippen LogP) is 4.09. The van der Waals surface area contributed by atoms with Crippen LogP contribution in [-0.2, 0) is 13.0 Å². The van der Waals surface area contributed by atoms with Gasteiger partial charge in [0.1, 0.15) is 17.3 Å². The van der Waals surface area contributed by atoms with Crippen molar-refractivity contribution in [2.45, 2.75) is 26.3 Å². The molecule has 0 saturated carbocycles. The summed E-state index contributed by atoms with van der Waals surface area (Å²) in [6.45, 7) is 3.34. The van der Waals surface area contributed by atoms with Crippen LogP contribution in [0.25, 0.3) is 11.0 Å². The van der Waals surface area contributed by atoms with Crippen molar-refractivity contribution in [2.24, 2.45) is 0 Å². The van der Waals surface area contributed by atoms with Crippen LogP contribution >= 0.6 is 0 Å². The summed E-state index contributed by atoms with van der Waals surface area (Å²) < 4.78 is 28.8. The molecule has 0 radical (unpaired) electrons. The van der Waals surface area contributed by atoms with Crippen molar-refractivity contribution in [2.75, 3.05) is 11.9 Å². The molecule has 0 spiro atoms. The third-order valence-electron chi connectivity index (χ3n) is 4.04. The topological polar surface area (TPSA) is 59.0 Å². The number of anilines is 1. The van der Waals surface area contributed by atoms with Crippen LogP contribution < -0.4 is 10.6 Å². The Morgan fingerprint density at radius 1 is 1.27 bits per heavy atom. The zero-order valence-corrected chi connectivity index (χ0v) is 14.4. The lowest BCUT2D eigenvalue weighted by atomic mass is 10.1. The molecule has 2 amide bonds. The number of aryl methyl sites for hydroxylation is 1. The van der Waals surface area contributed by atoms with Gasteiger partial charge in [0.25, 0.3) is 0 Å². The number of pyridine rings is 1. The van der Waals surface area contributed by atoms with Gasteiger partial charge < -0.3 is 15.2 Å². The molecular weight excluding hydrogens is 338 g/mol. The summed E-state index contributed by atoms with van der Waals surface area (Å²) in [7, 11) is 0. The number of aromatic nitrogens is 2. The first-order chi connectivity index (χ1) is 12.6. The van der Waals surface area contributed by atoms with Crippen molar-refractivity contribution in [3.8, 4) is 0 Å². The number of hydrogen-bond donors (Lipinski definition) is 2. The molecule has 3 aromatic rings. The number of carbonyl (C=O) groups excluding carboxylic acids is 1. The van der Waals surface area contributed by atoms with E-state index in [2.05, 4.69) is 27.1 Å². The van der Waals surface area contributed by atoms with Gasteiger partial charge in [0.15, 0.2) is 0 Å². The quantitative estimate of drug-likeness (QED) is 0.697. The second kappa shape index (κ2) is 7.95. The highest BCUT2D eigenvalue weighted by Crippen LogP contribution is 2.20. The molecule has 0 unspecified atom stereocenters. The third-order valence-corrected chi connectivity index (χ3v) is 4.04. The Balaban J connectivity index is 1.62. The van der Waals surface area contributed by atoms with E-state index in [9.17, 15) is 13.6 Å². The molecule has 2 heterocycles. The molecule has 2 aromatic heterocycles. The first-order valence-electron chi connectivity index (χ1n) is 8.51. The van der Waals surface area contributed by atoms with Crippen molar-refractivity contribution >= 4 is 22.8 Å². The molecule has 3 rings (SSSR count). The number of nitrogens with one attached hydrogen (secondary N) is 2. The lowest BCUT2D eigenvalue weighted by Gasteiger charge is -2.08. The maximum absolute atomic E-state index is 13.5. The zero-order valence-electron chi connectivity index (χ0n) is 14.4. The van der Waals surface area contributed by atoms with Crippen molar-refractivity contribution < 1.29 is 13.6 Å². The number of rotatable bonds is 6. The Hall–Kier alpha value is -2.96. The van der Waals surface area contributed by atoms with Crippen LogP contribution in [0.2, 0.25) is 0 Å². The van der Waals surface area contributed by atoms with Gasteiger partial charge in [-0.1, -0.05) is 6.92 Å². The Bertz CT molecular complexity index is 923. The Kier molecular flexibility index (Phi) is 5.46. The summed E-state index contributed by atoms with van der Waals surface area (Å²) in [5.74, 6) is -1.30. The van der Waals surface area contributed by atoms with Crippen LogP contribution in [0.15, 0.2) is 42.7 Å². The van der Waals surface area contributed by atoms with E-state index in [-0.39, 0.29) is 5.69 Å². The van der Waals surface area contributed by atoms with Gasteiger partial charge in [-0.3, -0.25) is 0 Å². The highest BCUT2D eigenvalue weighted by Gasteiger charge is 2.10. The second-order valence-corrected chi connectivity index (χ2v) is 5.98. The molecule has 5 nitrogen and oxygen atoms in total. The summed E-state index contributed by atoms with van der Waals surface area (Å²) in [6, 6.07) is 6.23. The van der Waals surface area contributed by atoms with Gasteiger partial charge >= 0.3 is 6.03 Å². The van der Waals surface area contributed by atoms with E-state index < -0.39 is 17.7 Å². The van der Waals surface area contributed by atoms with E-state index in [1.54, 1.807) is 6.20 Å². The summed E-state index contributed by atoms with van der Waals surface area (Å²) in [5, 5.41) is 6.04. The molecule has 0 aliphatic heterocycles. The number of halogens is 2. The lowest BCUT2D eigenvalue weighted by molar-refractivity contribution is 0.252. The third kappa shape index (κ3) is 3.99. The van der Waals surface area contributed by atoms with Gasteiger partial charge in [-0.15, -0.1) is 0 Å². The molecule has 0 aliphatic carbocycles. The van der Waals surface area contributed by atoms with Crippen molar-refractivity contribution in [3.63, 3.8) is 0 Å². The van der Waals surface area contributed by atoms with E-state index in [0.29, 0.717) is 13.0 Å². The number of carbonyl (C=O) groups is 1. The van der Waals surface area contributed by atoms with Crippen molar-refractivity contribution in [1.29, 1.82) is 0 Å². The largest absolute Gasteiger partial charge is 0.338 e. The molecule has 0 bridgehead atoms. The van der Waals surface area contributed by atoms with Crippen LogP contribution in [0.1, 0.15) is 18.9 Å². The van der Waals surface area contributed by atoms with Crippen LogP contribution in [-0.4, -0.2) is 22.1 Å². The SMILES string of the molecule is CCCn1cc(CCNC(=O)Nc2cc(F)ccc2F)c2cccnc21. The highest BCUT2D eigenvalue weighted by atomic mass is 19.1. The minimum Gasteiger partial charge on any atom is -0.338 e. The number of amides is 2. The average molecular weight is 358 g/mol. The fourth-order valence-electron chi connectivity index (χ4n) is 2.88. The van der Waals surface area contributed by atoms with Gasteiger partial charge in [-0.25, -0.2) is 18.6 Å². The second-order valence-electron chi connectivity index (χ2n) is 5.98. The smallest absolute Gasteiger partial charge is 0.319 e. The average Bonchev–Trinajstić information content (AvgIpc) is 2.97. The molecule has 7 heteroatoms. The van der Waals surface area contributed by atoms with Crippen LogP contribution in [0.5, 0.6) is 0 Å². The van der Waals surface area contributed by atoms with Gasteiger partial charge in [-0.05, 0) is 42.7 Å². The van der Waals surface area contributed by atoms with Gasteiger partial charge in [0, 0.05) is 36.9 Å². The standard InChI is InChI=1S/C19H20F2N4O/c1-2-10-25-12-13(15-4-3-8-22-18(15)25)7-9-23-19(26)24-17-11-14(20)5-6-16(17)21/h3-6,8,11-12H,2,7,9-10H2,1H3,(H2,23,24,26). The van der Waals surface area contributed by atoms with Gasteiger partial charge in [0.05, 0.1) is 5.69 Å². The molecular formula is C19H20F2N4O. The fourth-order valence-corrected chi connectivity index (χ4v) is 2.88. The minimum atomic E-state index is -0.685. The monoisotopic (exact) mass is 358 g/mol.